The van der Waals surface area contributed by atoms with E-state index in [0.29, 0.717) is 12.1 Å². The topological polar surface area (TPSA) is 70.2 Å². The maximum atomic E-state index is 11.6. The maximum Gasteiger partial charge on any atom is 0.315 e. The second-order valence-electron chi connectivity index (χ2n) is 4.57. The highest BCUT2D eigenvalue weighted by molar-refractivity contribution is 5.94. The van der Waals surface area contributed by atoms with E-state index in [4.69, 9.17) is 6.42 Å². The van der Waals surface area contributed by atoms with Gasteiger partial charge in [0.15, 0.2) is 0 Å². The van der Waals surface area contributed by atoms with Gasteiger partial charge in [-0.15, -0.1) is 6.42 Å². The molecule has 1 aromatic carbocycles. The summed E-state index contributed by atoms with van der Waals surface area (Å²) in [6, 6.07) is 6.86. The molecule has 0 aromatic heterocycles. The first kappa shape index (κ1) is 15.6. The van der Waals surface area contributed by atoms with Gasteiger partial charge in [0.1, 0.15) is 0 Å². The molecule has 0 aliphatic carbocycles. The Morgan fingerprint density at radius 3 is 2.40 bits per heavy atom. The average Bonchev–Trinajstić information content (AvgIpc) is 2.42. The van der Waals surface area contributed by atoms with Crippen LogP contribution in [0.25, 0.3) is 0 Å². The van der Waals surface area contributed by atoms with E-state index < -0.39 is 0 Å². The zero-order valence-corrected chi connectivity index (χ0v) is 11.7. The molecule has 106 valence electrons. The molecule has 0 heterocycles. The van der Waals surface area contributed by atoms with Crippen LogP contribution in [0.4, 0.5) is 4.79 Å². The van der Waals surface area contributed by atoms with Crippen LogP contribution in [0.3, 0.4) is 0 Å². The summed E-state index contributed by atoms with van der Waals surface area (Å²) in [4.78, 5) is 23.0. The van der Waals surface area contributed by atoms with Crippen LogP contribution in [0.1, 0.15) is 29.8 Å². The molecule has 0 saturated carbocycles. The van der Waals surface area contributed by atoms with Crippen LogP contribution in [0, 0.1) is 12.3 Å². The van der Waals surface area contributed by atoms with E-state index in [0.717, 1.165) is 5.56 Å². The van der Waals surface area contributed by atoms with Crippen LogP contribution in [0.2, 0.25) is 0 Å². The smallest absolute Gasteiger partial charge is 0.315 e. The Morgan fingerprint density at radius 2 is 1.85 bits per heavy atom. The molecule has 0 saturated heterocycles. The molecule has 1 aromatic rings. The first-order chi connectivity index (χ1) is 9.52. The van der Waals surface area contributed by atoms with E-state index in [-0.39, 0.29) is 24.5 Å². The van der Waals surface area contributed by atoms with Crippen molar-refractivity contribution in [1.82, 2.24) is 16.0 Å². The van der Waals surface area contributed by atoms with E-state index in [9.17, 15) is 9.59 Å². The lowest BCUT2D eigenvalue weighted by molar-refractivity contribution is 0.0958. The van der Waals surface area contributed by atoms with Crippen LogP contribution in [0.5, 0.6) is 0 Å². The van der Waals surface area contributed by atoms with Gasteiger partial charge in [0.2, 0.25) is 0 Å². The Kier molecular flexibility index (Phi) is 6.11. The maximum absolute atomic E-state index is 11.6. The molecule has 3 N–H and O–H groups in total. The van der Waals surface area contributed by atoms with Crippen molar-refractivity contribution >= 4 is 11.9 Å². The summed E-state index contributed by atoms with van der Waals surface area (Å²) in [5.41, 5.74) is 1.45. The van der Waals surface area contributed by atoms with Crippen LogP contribution in [-0.2, 0) is 6.54 Å². The number of benzene rings is 1. The van der Waals surface area contributed by atoms with Crippen molar-refractivity contribution in [2.45, 2.75) is 26.4 Å². The zero-order valence-electron chi connectivity index (χ0n) is 11.7. The minimum Gasteiger partial charge on any atom is -0.341 e. The summed E-state index contributed by atoms with van der Waals surface area (Å²) >= 11 is 0. The van der Waals surface area contributed by atoms with Crippen molar-refractivity contribution in [3.8, 4) is 12.3 Å². The number of amides is 3. The van der Waals surface area contributed by atoms with Gasteiger partial charge < -0.3 is 16.0 Å². The standard InChI is InChI=1S/C15H19N3O2/c1-4-9-16-14(19)13-7-5-12(6-8-13)10-17-15(20)18-11(2)3/h1,5-8,11H,9-10H2,2-3H3,(H,16,19)(H2,17,18,20). The highest BCUT2D eigenvalue weighted by atomic mass is 16.2. The van der Waals surface area contributed by atoms with Crippen molar-refractivity contribution in [3.63, 3.8) is 0 Å². The molecule has 20 heavy (non-hydrogen) atoms. The number of urea groups is 1. The lowest BCUT2D eigenvalue weighted by atomic mass is 10.1. The Hall–Kier alpha value is -2.48. The minimum absolute atomic E-state index is 0.0947. The summed E-state index contributed by atoms with van der Waals surface area (Å²) in [7, 11) is 0. The molecule has 0 aliphatic heterocycles. The fourth-order valence-corrected chi connectivity index (χ4v) is 1.50. The van der Waals surface area contributed by atoms with E-state index in [2.05, 4.69) is 21.9 Å². The third-order valence-electron chi connectivity index (χ3n) is 2.44. The molecular weight excluding hydrogens is 254 g/mol. The van der Waals surface area contributed by atoms with Crippen LogP contribution in [0.15, 0.2) is 24.3 Å². The summed E-state index contributed by atoms with van der Waals surface area (Å²) in [5.74, 6) is 2.13. The molecule has 0 aliphatic rings. The van der Waals surface area contributed by atoms with Gasteiger partial charge in [-0.1, -0.05) is 18.1 Å². The van der Waals surface area contributed by atoms with Gasteiger partial charge in [0.25, 0.3) is 5.91 Å². The number of carbonyl (C=O) groups is 2. The minimum atomic E-state index is -0.212. The average molecular weight is 273 g/mol. The second-order valence-corrected chi connectivity index (χ2v) is 4.57. The lowest BCUT2D eigenvalue weighted by Gasteiger charge is -2.10. The third-order valence-corrected chi connectivity index (χ3v) is 2.44. The zero-order chi connectivity index (χ0) is 15.0. The normalized spacial score (nSPS) is 9.70. The molecular formula is C15H19N3O2. The summed E-state index contributed by atoms with van der Waals surface area (Å²) in [6.07, 6.45) is 5.07. The molecule has 0 atom stereocenters. The number of terminal acetylenes is 1. The monoisotopic (exact) mass is 273 g/mol. The van der Waals surface area contributed by atoms with Crippen molar-refractivity contribution in [1.29, 1.82) is 0 Å². The van der Waals surface area contributed by atoms with Crippen LogP contribution in [-0.4, -0.2) is 24.5 Å². The van der Waals surface area contributed by atoms with Crippen molar-refractivity contribution in [2.75, 3.05) is 6.54 Å². The fourth-order valence-electron chi connectivity index (χ4n) is 1.50. The largest absolute Gasteiger partial charge is 0.341 e. The number of hydrogen-bond acceptors (Lipinski definition) is 2. The highest BCUT2D eigenvalue weighted by Crippen LogP contribution is 2.04. The summed E-state index contributed by atoms with van der Waals surface area (Å²) in [5, 5.41) is 8.05. The van der Waals surface area contributed by atoms with Crippen LogP contribution < -0.4 is 16.0 Å². The molecule has 5 nitrogen and oxygen atoms in total. The predicted molar refractivity (Wildman–Crippen MR) is 78.1 cm³/mol. The van der Waals surface area contributed by atoms with Gasteiger partial charge in [-0.3, -0.25) is 4.79 Å². The summed E-state index contributed by atoms with van der Waals surface area (Å²) in [6.45, 7) is 4.40. The molecule has 0 fully saturated rings. The van der Waals surface area contributed by atoms with Gasteiger partial charge in [-0.2, -0.15) is 0 Å². The first-order valence-electron chi connectivity index (χ1n) is 6.38. The molecule has 0 spiro atoms. The number of hydrogen-bond donors (Lipinski definition) is 3. The van der Waals surface area contributed by atoms with Crippen molar-refractivity contribution < 1.29 is 9.59 Å². The van der Waals surface area contributed by atoms with Crippen LogP contribution >= 0.6 is 0 Å². The highest BCUT2D eigenvalue weighted by Gasteiger charge is 2.05. The van der Waals surface area contributed by atoms with Crippen molar-refractivity contribution in [2.24, 2.45) is 0 Å². The number of rotatable bonds is 5. The van der Waals surface area contributed by atoms with Gasteiger partial charge >= 0.3 is 6.03 Å². The quantitative estimate of drug-likeness (QED) is 0.707. The Bertz CT molecular complexity index is 501. The first-order valence-corrected chi connectivity index (χ1v) is 6.38. The molecule has 0 radical (unpaired) electrons. The Labute approximate surface area is 119 Å². The SMILES string of the molecule is C#CCNC(=O)c1ccc(CNC(=O)NC(C)C)cc1. The van der Waals surface area contributed by atoms with Gasteiger partial charge in [0, 0.05) is 18.2 Å². The predicted octanol–water partition coefficient (Wildman–Crippen LogP) is 1.26. The number of carbonyl (C=O) groups excluding carboxylic acids is 2. The molecule has 5 heteroatoms. The lowest BCUT2D eigenvalue weighted by Crippen LogP contribution is -2.39. The Morgan fingerprint density at radius 1 is 1.20 bits per heavy atom. The van der Waals surface area contributed by atoms with Crippen molar-refractivity contribution in [3.05, 3.63) is 35.4 Å². The molecule has 3 amide bonds. The number of nitrogens with one attached hydrogen (secondary N) is 3. The summed E-state index contributed by atoms with van der Waals surface area (Å²) < 4.78 is 0. The van der Waals surface area contributed by atoms with Gasteiger partial charge in [-0.25, -0.2) is 4.79 Å². The van der Waals surface area contributed by atoms with E-state index >= 15 is 0 Å². The molecule has 0 bridgehead atoms. The van der Waals surface area contributed by atoms with Gasteiger partial charge in [0.05, 0.1) is 6.54 Å². The van der Waals surface area contributed by atoms with E-state index in [1.165, 1.54) is 0 Å². The van der Waals surface area contributed by atoms with E-state index in [1.807, 2.05) is 13.8 Å². The van der Waals surface area contributed by atoms with Gasteiger partial charge in [-0.05, 0) is 31.5 Å². The van der Waals surface area contributed by atoms with E-state index in [1.54, 1.807) is 24.3 Å². The molecule has 1 rings (SSSR count). The second kappa shape index (κ2) is 7.85. The fraction of sp³-hybridized carbons (Fsp3) is 0.333. The third kappa shape index (κ3) is 5.44. The molecule has 0 unspecified atom stereocenters. The Balaban J connectivity index is 2.49.